The Morgan fingerprint density at radius 3 is 1.42 bits per heavy atom. The highest BCUT2D eigenvalue weighted by Gasteiger charge is 2.08. The highest BCUT2D eigenvalue weighted by molar-refractivity contribution is 5.86. The SMILES string of the molecule is FC(F)Oc1ccccc1/C=N/N=C/c1ccccc1OC(F)F. The van der Waals surface area contributed by atoms with Gasteiger partial charge in [-0.25, -0.2) is 0 Å². The zero-order valence-corrected chi connectivity index (χ0v) is 12.2. The van der Waals surface area contributed by atoms with Gasteiger partial charge in [-0.3, -0.25) is 0 Å². The van der Waals surface area contributed by atoms with Crippen molar-refractivity contribution in [3.05, 3.63) is 59.7 Å². The fourth-order valence-electron chi connectivity index (χ4n) is 1.77. The molecule has 0 N–H and O–H groups in total. The number of alkyl halides is 4. The Kier molecular flexibility index (Phi) is 6.30. The average molecular weight is 340 g/mol. The van der Waals surface area contributed by atoms with Gasteiger partial charge in [0.05, 0.1) is 12.4 Å². The summed E-state index contributed by atoms with van der Waals surface area (Å²) in [5, 5.41) is 7.40. The first-order valence-electron chi connectivity index (χ1n) is 6.70. The third kappa shape index (κ3) is 5.38. The molecule has 0 bridgehead atoms. The Bertz CT molecular complexity index is 659. The fraction of sp³-hybridized carbons (Fsp3) is 0.125. The van der Waals surface area contributed by atoms with Gasteiger partial charge >= 0.3 is 13.2 Å². The molecule has 0 unspecified atom stereocenters. The van der Waals surface area contributed by atoms with Gasteiger partial charge in [0.15, 0.2) is 0 Å². The highest BCUT2D eigenvalue weighted by Crippen LogP contribution is 2.19. The molecular formula is C16H12F4N2O2. The molecule has 2 aromatic carbocycles. The molecule has 0 saturated carbocycles. The Morgan fingerprint density at radius 2 is 1.04 bits per heavy atom. The van der Waals surface area contributed by atoms with Crippen LogP contribution in [0.1, 0.15) is 11.1 Å². The lowest BCUT2D eigenvalue weighted by atomic mass is 10.2. The van der Waals surface area contributed by atoms with Crippen molar-refractivity contribution in [2.75, 3.05) is 0 Å². The van der Waals surface area contributed by atoms with Crippen LogP contribution >= 0.6 is 0 Å². The van der Waals surface area contributed by atoms with Gasteiger partial charge in [-0.2, -0.15) is 27.8 Å². The van der Waals surface area contributed by atoms with Crippen molar-refractivity contribution in [2.45, 2.75) is 13.2 Å². The Labute approximate surface area is 135 Å². The van der Waals surface area contributed by atoms with Gasteiger partial charge in [0.1, 0.15) is 11.5 Å². The molecule has 0 aliphatic rings. The molecule has 0 atom stereocenters. The van der Waals surface area contributed by atoms with Crippen LogP contribution in [-0.4, -0.2) is 25.7 Å². The van der Waals surface area contributed by atoms with E-state index in [-0.39, 0.29) is 11.5 Å². The lowest BCUT2D eigenvalue weighted by molar-refractivity contribution is -0.0506. The maximum absolute atomic E-state index is 12.3. The second-order valence-electron chi connectivity index (χ2n) is 4.32. The van der Waals surface area contributed by atoms with Crippen LogP contribution in [0, 0.1) is 0 Å². The highest BCUT2D eigenvalue weighted by atomic mass is 19.3. The Hall–Kier alpha value is -2.90. The van der Waals surface area contributed by atoms with Crippen molar-refractivity contribution in [2.24, 2.45) is 10.2 Å². The van der Waals surface area contributed by atoms with Gasteiger partial charge < -0.3 is 9.47 Å². The summed E-state index contributed by atoms with van der Waals surface area (Å²) in [7, 11) is 0. The summed E-state index contributed by atoms with van der Waals surface area (Å²) in [6, 6.07) is 12.1. The molecule has 24 heavy (non-hydrogen) atoms. The Balaban J connectivity index is 2.11. The predicted octanol–water partition coefficient (Wildman–Crippen LogP) is 4.34. The van der Waals surface area contributed by atoms with Crippen molar-refractivity contribution in [1.82, 2.24) is 0 Å². The first kappa shape index (κ1) is 17.5. The van der Waals surface area contributed by atoms with E-state index in [0.29, 0.717) is 11.1 Å². The van der Waals surface area contributed by atoms with Crippen LogP contribution in [0.15, 0.2) is 58.7 Å². The van der Waals surface area contributed by atoms with Gasteiger partial charge in [0, 0.05) is 11.1 Å². The van der Waals surface area contributed by atoms with Gasteiger partial charge in [-0.05, 0) is 24.3 Å². The maximum atomic E-state index is 12.3. The fourth-order valence-corrected chi connectivity index (χ4v) is 1.77. The third-order valence-corrected chi connectivity index (χ3v) is 2.73. The topological polar surface area (TPSA) is 43.2 Å². The molecule has 0 aliphatic carbocycles. The van der Waals surface area contributed by atoms with Gasteiger partial charge in [0.2, 0.25) is 0 Å². The summed E-state index contributed by atoms with van der Waals surface area (Å²) in [6.07, 6.45) is 2.43. The number of ether oxygens (including phenoxy) is 2. The number of nitrogens with zero attached hydrogens (tertiary/aromatic N) is 2. The molecule has 0 amide bonds. The van der Waals surface area contributed by atoms with E-state index in [9.17, 15) is 17.6 Å². The summed E-state index contributed by atoms with van der Waals surface area (Å²) >= 11 is 0. The molecule has 4 nitrogen and oxygen atoms in total. The van der Waals surface area contributed by atoms with Crippen LogP contribution in [-0.2, 0) is 0 Å². The van der Waals surface area contributed by atoms with E-state index in [4.69, 9.17) is 0 Å². The lowest BCUT2D eigenvalue weighted by Crippen LogP contribution is -2.04. The zero-order chi connectivity index (χ0) is 17.4. The van der Waals surface area contributed by atoms with Crippen molar-refractivity contribution in [3.8, 4) is 11.5 Å². The molecular weight excluding hydrogens is 328 g/mol. The van der Waals surface area contributed by atoms with Crippen molar-refractivity contribution in [3.63, 3.8) is 0 Å². The molecule has 2 aromatic rings. The van der Waals surface area contributed by atoms with E-state index >= 15 is 0 Å². The molecule has 0 aliphatic heterocycles. The van der Waals surface area contributed by atoms with Crippen molar-refractivity contribution >= 4 is 12.4 Å². The normalized spacial score (nSPS) is 11.8. The molecule has 0 aromatic heterocycles. The van der Waals surface area contributed by atoms with E-state index < -0.39 is 13.2 Å². The molecule has 8 heteroatoms. The maximum Gasteiger partial charge on any atom is 0.387 e. The number of hydrogen-bond acceptors (Lipinski definition) is 4. The first-order valence-corrected chi connectivity index (χ1v) is 6.70. The third-order valence-electron chi connectivity index (χ3n) is 2.73. The number of hydrogen-bond donors (Lipinski definition) is 0. The molecule has 126 valence electrons. The zero-order valence-electron chi connectivity index (χ0n) is 12.2. The van der Waals surface area contributed by atoms with E-state index in [2.05, 4.69) is 19.7 Å². The number of rotatable bonds is 7. The van der Waals surface area contributed by atoms with Crippen molar-refractivity contribution < 1.29 is 27.0 Å². The second-order valence-corrected chi connectivity index (χ2v) is 4.32. The van der Waals surface area contributed by atoms with Crippen LogP contribution in [0.3, 0.4) is 0 Å². The second kappa shape index (κ2) is 8.66. The minimum atomic E-state index is -2.96. The number of para-hydroxylation sites is 2. The van der Waals surface area contributed by atoms with Crippen LogP contribution in [0.2, 0.25) is 0 Å². The molecule has 0 fully saturated rings. The smallest absolute Gasteiger partial charge is 0.387 e. The van der Waals surface area contributed by atoms with E-state index in [0.717, 1.165) is 0 Å². The van der Waals surface area contributed by atoms with Crippen molar-refractivity contribution in [1.29, 1.82) is 0 Å². The monoisotopic (exact) mass is 340 g/mol. The minimum absolute atomic E-state index is 0.0483. The predicted molar refractivity (Wildman–Crippen MR) is 81.3 cm³/mol. The van der Waals surface area contributed by atoms with Gasteiger partial charge in [-0.1, -0.05) is 24.3 Å². The minimum Gasteiger partial charge on any atom is -0.434 e. The molecule has 0 radical (unpaired) electrons. The summed E-state index contributed by atoms with van der Waals surface area (Å²) in [6.45, 7) is -5.91. The van der Waals surface area contributed by atoms with E-state index in [1.165, 1.54) is 48.8 Å². The summed E-state index contributed by atoms with van der Waals surface area (Å²) in [5.41, 5.74) is 0.596. The van der Waals surface area contributed by atoms with Crippen LogP contribution in [0.5, 0.6) is 11.5 Å². The number of halogens is 4. The molecule has 0 saturated heterocycles. The standard InChI is InChI=1S/C16H12F4N2O2/c17-15(18)23-13-7-3-1-5-11(13)9-21-22-10-12-6-2-4-8-14(12)24-16(19)20/h1-10,15-16H/b21-9+,22-10+. The summed E-state index contributed by atoms with van der Waals surface area (Å²) < 4.78 is 57.8. The van der Waals surface area contributed by atoms with Crippen LogP contribution < -0.4 is 9.47 Å². The lowest BCUT2D eigenvalue weighted by Gasteiger charge is -2.06. The molecule has 0 heterocycles. The summed E-state index contributed by atoms with van der Waals surface area (Å²) in [4.78, 5) is 0. The van der Waals surface area contributed by atoms with Gasteiger partial charge in [-0.15, -0.1) is 0 Å². The van der Waals surface area contributed by atoms with Gasteiger partial charge in [0.25, 0.3) is 0 Å². The Morgan fingerprint density at radius 1 is 0.667 bits per heavy atom. The molecule has 0 spiro atoms. The van der Waals surface area contributed by atoms with E-state index in [1.807, 2.05) is 0 Å². The largest absolute Gasteiger partial charge is 0.434 e. The average Bonchev–Trinajstić information content (AvgIpc) is 2.53. The number of benzene rings is 2. The van der Waals surface area contributed by atoms with E-state index in [1.54, 1.807) is 12.1 Å². The molecule has 2 rings (SSSR count). The van der Waals surface area contributed by atoms with Crippen LogP contribution in [0.25, 0.3) is 0 Å². The summed E-state index contributed by atoms with van der Waals surface area (Å²) in [5.74, 6) is -0.0965. The van der Waals surface area contributed by atoms with Crippen LogP contribution in [0.4, 0.5) is 17.6 Å². The first-order chi connectivity index (χ1) is 11.6. The quantitative estimate of drug-likeness (QED) is 0.427.